The highest BCUT2D eigenvalue weighted by Gasteiger charge is 2.31. The molecule has 0 aliphatic carbocycles. The maximum atomic E-state index is 13.0. The van der Waals surface area contributed by atoms with Gasteiger partial charge in [0.25, 0.3) is 0 Å². The van der Waals surface area contributed by atoms with Gasteiger partial charge in [-0.15, -0.1) is 5.10 Å². The second kappa shape index (κ2) is 7.46. The SMILES string of the molecule is Cn1c(-c2ccco2)nn(CN(Cc2ccccc2)CC(F)(F)F)c1=S. The van der Waals surface area contributed by atoms with Crippen molar-refractivity contribution >= 4 is 12.2 Å². The normalized spacial score (nSPS) is 12.0. The Morgan fingerprint density at radius 1 is 1.15 bits per heavy atom. The van der Waals surface area contributed by atoms with Gasteiger partial charge in [-0.25, -0.2) is 4.68 Å². The van der Waals surface area contributed by atoms with Gasteiger partial charge in [0.15, 0.2) is 16.4 Å². The Kier molecular flexibility index (Phi) is 5.28. The first-order valence-electron chi connectivity index (χ1n) is 7.84. The lowest BCUT2D eigenvalue weighted by Gasteiger charge is -2.23. The molecule has 0 amide bonds. The van der Waals surface area contributed by atoms with Gasteiger partial charge in [-0.1, -0.05) is 30.3 Å². The molecule has 3 rings (SSSR count). The Balaban J connectivity index is 1.87. The van der Waals surface area contributed by atoms with E-state index in [2.05, 4.69) is 5.10 Å². The van der Waals surface area contributed by atoms with Crippen LogP contribution in [-0.4, -0.2) is 32.0 Å². The third-order valence-electron chi connectivity index (χ3n) is 3.77. The summed E-state index contributed by atoms with van der Waals surface area (Å²) >= 11 is 5.33. The van der Waals surface area contributed by atoms with Gasteiger partial charge >= 0.3 is 6.18 Å². The van der Waals surface area contributed by atoms with E-state index in [1.807, 2.05) is 6.07 Å². The number of alkyl halides is 3. The van der Waals surface area contributed by atoms with Gasteiger partial charge in [-0.3, -0.25) is 4.90 Å². The van der Waals surface area contributed by atoms with E-state index in [-0.39, 0.29) is 13.2 Å². The van der Waals surface area contributed by atoms with Crippen molar-refractivity contribution in [1.82, 2.24) is 19.2 Å². The molecule has 3 aromatic rings. The van der Waals surface area contributed by atoms with E-state index in [0.29, 0.717) is 16.4 Å². The molecule has 2 heterocycles. The Morgan fingerprint density at radius 3 is 2.50 bits per heavy atom. The molecule has 0 aliphatic heterocycles. The topological polar surface area (TPSA) is 39.1 Å². The zero-order chi connectivity index (χ0) is 18.7. The molecule has 26 heavy (non-hydrogen) atoms. The lowest BCUT2D eigenvalue weighted by molar-refractivity contribution is -0.151. The summed E-state index contributed by atoms with van der Waals surface area (Å²) in [5, 5.41) is 4.34. The highest BCUT2D eigenvalue weighted by molar-refractivity contribution is 7.71. The minimum atomic E-state index is -4.32. The maximum absolute atomic E-state index is 13.0. The minimum absolute atomic E-state index is 0.0816. The smallest absolute Gasteiger partial charge is 0.401 e. The van der Waals surface area contributed by atoms with E-state index >= 15 is 0 Å². The number of benzene rings is 1. The molecule has 2 aromatic heterocycles. The fourth-order valence-corrected chi connectivity index (χ4v) is 2.83. The molecule has 1 aromatic carbocycles. The standard InChI is InChI=1S/C17H17F3N4OS/c1-22-15(14-8-5-9-25-14)21-24(16(22)26)12-23(11-17(18,19)20)10-13-6-3-2-4-7-13/h2-9H,10-12H2,1H3. The van der Waals surface area contributed by atoms with Crippen molar-refractivity contribution in [1.29, 1.82) is 0 Å². The molecule has 0 spiro atoms. The third kappa shape index (κ3) is 4.41. The van der Waals surface area contributed by atoms with Gasteiger partial charge in [0.2, 0.25) is 0 Å². The van der Waals surface area contributed by atoms with Crippen LogP contribution in [0, 0.1) is 4.77 Å². The van der Waals surface area contributed by atoms with Crippen molar-refractivity contribution in [2.75, 3.05) is 6.54 Å². The summed E-state index contributed by atoms with van der Waals surface area (Å²) in [6, 6.07) is 12.4. The molecule has 0 N–H and O–H groups in total. The number of rotatable bonds is 6. The van der Waals surface area contributed by atoms with Crippen LogP contribution in [0.1, 0.15) is 5.56 Å². The van der Waals surface area contributed by atoms with Crippen LogP contribution < -0.4 is 0 Å². The van der Waals surface area contributed by atoms with Crippen molar-refractivity contribution in [2.45, 2.75) is 19.4 Å². The van der Waals surface area contributed by atoms with Gasteiger partial charge in [-0.05, 0) is 29.9 Å². The van der Waals surface area contributed by atoms with Crippen LogP contribution in [0.4, 0.5) is 13.2 Å². The summed E-state index contributed by atoms with van der Waals surface area (Å²) in [6.45, 7) is -1.01. The highest BCUT2D eigenvalue weighted by atomic mass is 32.1. The molecule has 138 valence electrons. The molecule has 0 fully saturated rings. The second-order valence-electron chi connectivity index (χ2n) is 5.87. The minimum Gasteiger partial charge on any atom is -0.461 e. The molecule has 9 heteroatoms. The van der Waals surface area contributed by atoms with Gasteiger partial charge < -0.3 is 8.98 Å². The molecule has 5 nitrogen and oxygen atoms in total. The molecular weight excluding hydrogens is 365 g/mol. The van der Waals surface area contributed by atoms with Crippen LogP contribution in [0.25, 0.3) is 11.6 Å². The van der Waals surface area contributed by atoms with Crippen LogP contribution in [-0.2, 0) is 20.3 Å². The molecule has 0 unspecified atom stereocenters. The molecule has 0 radical (unpaired) electrons. The van der Waals surface area contributed by atoms with Crippen LogP contribution in [0.15, 0.2) is 53.1 Å². The lowest BCUT2D eigenvalue weighted by atomic mass is 10.2. The summed E-state index contributed by atoms with van der Waals surface area (Å²) in [5.74, 6) is 0.967. The Morgan fingerprint density at radius 2 is 1.88 bits per heavy atom. The number of hydrogen-bond donors (Lipinski definition) is 0. The molecule has 0 saturated heterocycles. The number of hydrogen-bond acceptors (Lipinski definition) is 4. The van der Waals surface area contributed by atoms with Crippen LogP contribution in [0.5, 0.6) is 0 Å². The monoisotopic (exact) mass is 382 g/mol. The van der Waals surface area contributed by atoms with E-state index < -0.39 is 12.7 Å². The lowest BCUT2D eigenvalue weighted by Crippen LogP contribution is -2.35. The van der Waals surface area contributed by atoms with Gasteiger partial charge in [0.05, 0.1) is 19.5 Å². The van der Waals surface area contributed by atoms with Gasteiger partial charge in [0, 0.05) is 13.6 Å². The predicted molar refractivity (Wildman–Crippen MR) is 92.6 cm³/mol. The van der Waals surface area contributed by atoms with Gasteiger partial charge in [0.1, 0.15) is 0 Å². The summed E-state index contributed by atoms with van der Waals surface area (Å²) in [6.07, 6.45) is -2.82. The highest BCUT2D eigenvalue weighted by Crippen LogP contribution is 2.21. The fourth-order valence-electron chi connectivity index (χ4n) is 2.64. The number of furan rings is 1. The van der Waals surface area contributed by atoms with Gasteiger partial charge in [-0.2, -0.15) is 13.2 Å². The second-order valence-corrected chi connectivity index (χ2v) is 6.24. The van der Waals surface area contributed by atoms with Crippen molar-refractivity contribution in [3.8, 4) is 11.6 Å². The first kappa shape index (κ1) is 18.4. The zero-order valence-electron chi connectivity index (χ0n) is 14.0. The zero-order valence-corrected chi connectivity index (χ0v) is 14.8. The van der Waals surface area contributed by atoms with Crippen molar-refractivity contribution in [2.24, 2.45) is 7.05 Å². The average Bonchev–Trinajstić information content (AvgIpc) is 3.18. The van der Waals surface area contributed by atoms with E-state index in [1.165, 1.54) is 15.8 Å². The van der Waals surface area contributed by atoms with Crippen LogP contribution in [0.2, 0.25) is 0 Å². The van der Waals surface area contributed by atoms with Crippen molar-refractivity contribution < 1.29 is 17.6 Å². The summed E-state index contributed by atoms with van der Waals surface area (Å²) < 4.78 is 47.6. The number of halogens is 3. The molecule has 0 atom stereocenters. The summed E-state index contributed by atoms with van der Waals surface area (Å²) in [4.78, 5) is 1.25. The van der Waals surface area contributed by atoms with E-state index in [4.69, 9.17) is 16.6 Å². The molecule has 0 aliphatic rings. The molecular formula is C17H17F3N4OS. The van der Waals surface area contributed by atoms with E-state index in [0.717, 1.165) is 5.56 Å². The first-order chi connectivity index (χ1) is 12.3. The summed E-state index contributed by atoms with van der Waals surface area (Å²) in [7, 11) is 1.70. The van der Waals surface area contributed by atoms with E-state index in [9.17, 15) is 13.2 Å². The first-order valence-corrected chi connectivity index (χ1v) is 8.25. The molecule has 0 saturated carbocycles. The van der Waals surface area contributed by atoms with Crippen LogP contribution in [0.3, 0.4) is 0 Å². The predicted octanol–water partition coefficient (Wildman–Crippen LogP) is 4.23. The largest absolute Gasteiger partial charge is 0.461 e. The van der Waals surface area contributed by atoms with E-state index in [1.54, 1.807) is 48.0 Å². The number of aromatic nitrogens is 3. The van der Waals surface area contributed by atoms with Crippen molar-refractivity contribution in [3.63, 3.8) is 0 Å². The van der Waals surface area contributed by atoms with Crippen molar-refractivity contribution in [3.05, 3.63) is 59.1 Å². The molecule has 0 bridgehead atoms. The third-order valence-corrected chi connectivity index (χ3v) is 4.25. The Bertz CT molecular complexity index is 900. The number of nitrogens with zero attached hydrogens (tertiary/aromatic N) is 4. The summed E-state index contributed by atoms with van der Waals surface area (Å²) in [5.41, 5.74) is 0.783. The quantitative estimate of drug-likeness (QED) is 0.598. The Labute approximate surface area is 153 Å². The maximum Gasteiger partial charge on any atom is 0.401 e. The average molecular weight is 382 g/mol. The van der Waals surface area contributed by atoms with Crippen LogP contribution >= 0.6 is 12.2 Å². The Hall–Kier alpha value is -2.39. The fraction of sp³-hybridized carbons (Fsp3) is 0.294.